The molecule has 3 aromatic rings. The summed E-state index contributed by atoms with van der Waals surface area (Å²) in [6.07, 6.45) is 0. The molecule has 0 saturated heterocycles. The number of aryl methyl sites for hydroxylation is 1. The first-order chi connectivity index (χ1) is 9.63. The van der Waals surface area contributed by atoms with E-state index in [1.807, 2.05) is 31.2 Å². The van der Waals surface area contributed by atoms with Gasteiger partial charge in [-0.25, -0.2) is 0 Å². The molecule has 3 rings (SSSR count). The minimum atomic E-state index is -0.434. The van der Waals surface area contributed by atoms with Crippen LogP contribution in [0.25, 0.3) is 11.1 Å². The highest BCUT2D eigenvalue weighted by Crippen LogP contribution is 2.26. The number of nitrogens with one attached hydrogen (secondary N) is 1. The lowest BCUT2D eigenvalue weighted by Crippen LogP contribution is -1.95. The number of rotatable bonds is 3. The van der Waals surface area contributed by atoms with Gasteiger partial charge in [0.2, 0.25) is 0 Å². The van der Waals surface area contributed by atoms with Crippen molar-refractivity contribution in [2.24, 2.45) is 0 Å². The predicted molar refractivity (Wildman–Crippen MR) is 75.1 cm³/mol. The summed E-state index contributed by atoms with van der Waals surface area (Å²) in [6, 6.07) is 12.3. The smallest absolute Gasteiger partial charge is 0.300 e. The number of aromatic nitrogens is 1. The van der Waals surface area contributed by atoms with Gasteiger partial charge in [0, 0.05) is 12.1 Å². The molecule has 6 heteroatoms. The van der Waals surface area contributed by atoms with Crippen LogP contribution in [-0.2, 0) is 0 Å². The van der Waals surface area contributed by atoms with Crippen LogP contribution in [-0.4, -0.2) is 9.91 Å². The first kappa shape index (κ1) is 12.2. The van der Waals surface area contributed by atoms with Crippen molar-refractivity contribution >= 4 is 28.5 Å². The highest BCUT2D eigenvalue weighted by atomic mass is 16.6. The second-order valence-electron chi connectivity index (χ2n) is 4.37. The summed E-state index contributed by atoms with van der Waals surface area (Å²) in [7, 11) is 0. The Bertz CT molecular complexity index is 762. The zero-order valence-electron chi connectivity index (χ0n) is 10.7. The SMILES string of the molecule is Cc1ccc([N+](=O)[O-])cc1Nc1nc2ccccc2o1. The van der Waals surface area contributed by atoms with Crippen LogP contribution in [0.2, 0.25) is 0 Å². The summed E-state index contributed by atoms with van der Waals surface area (Å²) in [5.74, 6) is 0. The van der Waals surface area contributed by atoms with Crippen LogP contribution in [0.3, 0.4) is 0 Å². The van der Waals surface area contributed by atoms with Crippen LogP contribution >= 0.6 is 0 Å². The number of nitro benzene ring substituents is 1. The topological polar surface area (TPSA) is 81.2 Å². The summed E-state index contributed by atoms with van der Waals surface area (Å²) in [4.78, 5) is 14.6. The van der Waals surface area contributed by atoms with Crippen LogP contribution in [0.4, 0.5) is 17.4 Å². The molecule has 0 spiro atoms. The lowest BCUT2D eigenvalue weighted by molar-refractivity contribution is -0.384. The molecule has 1 heterocycles. The van der Waals surface area contributed by atoms with Crippen molar-refractivity contribution in [3.05, 3.63) is 58.1 Å². The third kappa shape index (κ3) is 2.18. The molecule has 0 saturated carbocycles. The van der Waals surface area contributed by atoms with E-state index >= 15 is 0 Å². The van der Waals surface area contributed by atoms with Crippen LogP contribution < -0.4 is 5.32 Å². The number of hydrogen-bond donors (Lipinski definition) is 1. The molecule has 1 N–H and O–H groups in total. The van der Waals surface area contributed by atoms with Crippen molar-refractivity contribution < 1.29 is 9.34 Å². The highest BCUT2D eigenvalue weighted by molar-refractivity contribution is 5.75. The molecule has 0 aliphatic carbocycles. The molecule has 100 valence electrons. The van der Waals surface area contributed by atoms with E-state index in [1.54, 1.807) is 6.07 Å². The number of hydrogen-bond acceptors (Lipinski definition) is 5. The Morgan fingerprint density at radius 3 is 2.80 bits per heavy atom. The van der Waals surface area contributed by atoms with E-state index in [-0.39, 0.29) is 5.69 Å². The maximum atomic E-state index is 10.8. The average Bonchev–Trinajstić information content (AvgIpc) is 2.83. The number of fused-ring (bicyclic) bond motifs is 1. The second-order valence-corrected chi connectivity index (χ2v) is 4.37. The molecule has 0 bridgehead atoms. The Morgan fingerprint density at radius 1 is 1.25 bits per heavy atom. The van der Waals surface area contributed by atoms with Gasteiger partial charge < -0.3 is 9.73 Å². The molecular formula is C14H11N3O3. The monoisotopic (exact) mass is 269 g/mol. The van der Waals surface area contributed by atoms with Gasteiger partial charge in [-0.3, -0.25) is 10.1 Å². The van der Waals surface area contributed by atoms with Crippen molar-refractivity contribution in [3.8, 4) is 0 Å². The van der Waals surface area contributed by atoms with Gasteiger partial charge >= 0.3 is 0 Å². The molecule has 20 heavy (non-hydrogen) atoms. The van der Waals surface area contributed by atoms with Crippen LogP contribution in [0.15, 0.2) is 46.9 Å². The zero-order valence-corrected chi connectivity index (χ0v) is 10.7. The number of oxazole rings is 1. The van der Waals surface area contributed by atoms with Gasteiger partial charge in [0.1, 0.15) is 5.52 Å². The van der Waals surface area contributed by atoms with Crippen LogP contribution in [0.1, 0.15) is 5.56 Å². The molecule has 0 fully saturated rings. The number of para-hydroxylation sites is 2. The minimum absolute atomic E-state index is 0.0224. The van der Waals surface area contributed by atoms with E-state index in [4.69, 9.17) is 4.42 Å². The number of nitrogens with zero attached hydrogens (tertiary/aromatic N) is 2. The van der Waals surface area contributed by atoms with Gasteiger partial charge in [-0.2, -0.15) is 4.98 Å². The van der Waals surface area contributed by atoms with E-state index < -0.39 is 4.92 Å². The number of nitro groups is 1. The Balaban J connectivity index is 1.97. The third-order valence-corrected chi connectivity index (χ3v) is 2.97. The lowest BCUT2D eigenvalue weighted by Gasteiger charge is -2.05. The maximum absolute atomic E-state index is 10.8. The lowest BCUT2D eigenvalue weighted by atomic mass is 10.2. The molecule has 0 atom stereocenters. The van der Waals surface area contributed by atoms with Crippen LogP contribution in [0, 0.1) is 17.0 Å². The summed E-state index contributed by atoms with van der Waals surface area (Å²) in [5.41, 5.74) is 2.90. The summed E-state index contributed by atoms with van der Waals surface area (Å²) >= 11 is 0. The van der Waals surface area contributed by atoms with Crippen LogP contribution in [0.5, 0.6) is 0 Å². The molecule has 0 radical (unpaired) electrons. The molecule has 2 aromatic carbocycles. The summed E-state index contributed by atoms with van der Waals surface area (Å²) in [5, 5.41) is 13.8. The fraction of sp³-hybridized carbons (Fsp3) is 0.0714. The third-order valence-electron chi connectivity index (χ3n) is 2.97. The number of anilines is 2. The molecular weight excluding hydrogens is 258 g/mol. The summed E-state index contributed by atoms with van der Waals surface area (Å²) in [6.45, 7) is 1.86. The average molecular weight is 269 g/mol. The number of non-ortho nitro benzene ring substituents is 1. The van der Waals surface area contributed by atoms with Gasteiger partial charge in [0.15, 0.2) is 5.58 Å². The Kier molecular flexibility index (Phi) is 2.83. The first-order valence-electron chi connectivity index (χ1n) is 6.01. The molecule has 0 unspecified atom stereocenters. The Morgan fingerprint density at radius 2 is 2.05 bits per heavy atom. The van der Waals surface area contributed by atoms with E-state index in [0.717, 1.165) is 11.1 Å². The first-order valence-corrected chi connectivity index (χ1v) is 6.01. The van der Waals surface area contributed by atoms with Crippen molar-refractivity contribution in [2.75, 3.05) is 5.32 Å². The predicted octanol–water partition coefficient (Wildman–Crippen LogP) is 3.79. The minimum Gasteiger partial charge on any atom is -0.423 e. The second kappa shape index (κ2) is 4.65. The Labute approximate surface area is 114 Å². The van der Waals surface area contributed by atoms with Gasteiger partial charge in [-0.15, -0.1) is 0 Å². The summed E-state index contributed by atoms with van der Waals surface area (Å²) < 4.78 is 5.54. The van der Waals surface area contributed by atoms with Gasteiger partial charge in [-0.05, 0) is 24.6 Å². The normalized spacial score (nSPS) is 10.7. The van der Waals surface area contributed by atoms with E-state index in [0.29, 0.717) is 17.3 Å². The molecule has 6 nitrogen and oxygen atoms in total. The quantitative estimate of drug-likeness (QED) is 0.578. The van der Waals surface area contributed by atoms with Gasteiger partial charge in [-0.1, -0.05) is 18.2 Å². The number of benzene rings is 2. The Hall–Kier alpha value is -2.89. The van der Waals surface area contributed by atoms with Gasteiger partial charge in [0.05, 0.1) is 10.6 Å². The molecule has 0 aliphatic rings. The van der Waals surface area contributed by atoms with Crippen molar-refractivity contribution in [1.29, 1.82) is 0 Å². The molecule has 1 aromatic heterocycles. The molecule has 0 amide bonds. The van der Waals surface area contributed by atoms with E-state index in [9.17, 15) is 10.1 Å². The standard InChI is InChI=1S/C14H11N3O3/c1-9-6-7-10(17(18)19)8-12(9)16-14-15-11-4-2-3-5-13(11)20-14/h2-8H,1H3,(H,15,16). The molecule has 0 aliphatic heterocycles. The van der Waals surface area contributed by atoms with E-state index in [1.165, 1.54) is 12.1 Å². The fourth-order valence-corrected chi connectivity index (χ4v) is 1.90. The van der Waals surface area contributed by atoms with E-state index in [2.05, 4.69) is 10.3 Å². The highest BCUT2D eigenvalue weighted by Gasteiger charge is 2.11. The fourth-order valence-electron chi connectivity index (χ4n) is 1.90. The maximum Gasteiger partial charge on any atom is 0.300 e. The van der Waals surface area contributed by atoms with Crippen molar-refractivity contribution in [3.63, 3.8) is 0 Å². The largest absolute Gasteiger partial charge is 0.423 e. The van der Waals surface area contributed by atoms with Crippen molar-refractivity contribution in [1.82, 2.24) is 4.98 Å². The van der Waals surface area contributed by atoms with Crippen molar-refractivity contribution in [2.45, 2.75) is 6.92 Å². The van der Waals surface area contributed by atoms with Gasteiger partial charge in [0.25, 0.3) is 11.7 Å². The zero-order chi connectivity index (χ0) is 14.1.